The zero-order chi connectivity index (χ0) is 11.9. The molecule has 0 aromatic heterocycles. The Morgan fingerprint density at radius 3 is 2.50 bits per heavy atom. The van der Waals surface area contributed by atoms with Gasteiger partial charge in [-0.3, -0.25) is 19.3 Å². The number of hydrogen-bond acceptors (Lipinski definition) is 3. The van der Waals surface area contributed by atoms with Gasteiger partial charge in [-0.1, -0.05) is 18.2 Å². The standard InChI is InChI=1S/C12H11NO3/c1-7(14)10-8-5-3-4-6-9(8)11(15)13(2)12(10)16/h3-6,10H,1-2H3/t10-/m1/s1. The number of rotatable bonds is 1. The lowest BCUT2D eigenvalue weighted by Crippen LogP contribution is -2.44. The summed E-state index contributed by atoms with van der Waals surface area (Å²) in [6.07, 6.45) is 0. The van der Waals surface area contributed by atoms with Crippen LogP contribution in [0, 0.1) is 0 Å². The fourth-order valence-electron chi connectivity index (χ4n) is 1.94. The van der Waals surface area contributed by atoms with Crippen molar-refractivity contribution in [3.05, 3.63) is 35.4 Å². The monoisotopic (exact) mass is 217 g/mol. The summed E-state index contributed by atoms with van der Waals surface area (Å²) in [6, 6.07) is 6.74. The van der Waals surface area contributed by atoms with Gasteiger partial charge >= 0.3 is 0 Å². The highest BCUT2D eigenvalue weighted by atomic mass is 16.2. The molecule has 0 radical (unpaired) electrons. The Hall–Kier alpha value is -1.97. The van der Waals surface area contributed by atoms with Crippen LogP contribution in [0.25, 0.3) is 0 Å². The first-order valence-corrected chi connectivity index (χ1v) is 4.95. The summed E-state index contributed by atoms with van der Waals surface area (Å²) in [5.41, 5.74) is 0.952. The minimum absolute atomic E-state index is 0.239. The van der Waals surface area contributed by atoms with Gasteiger partial charge in [0.2, 0.25) is 5.91 Å². The largest absolute Gasteiger partial charge is 0.299 e. The van der Waals surface area contributed by atoms with Crippen LogP contribution in [0.15, 0.2) is 24.3 Å². The van der Waals surface area contributed by atoms with Gasteiger partial charge in [0.05, 0.1) is 0 Å². The van der Waals surface area contributed by atoms with Crippen LogP contribution >= 0.6 is 0 Å². The van der Waals surface area contributed by atoms with Crippen molar-refractivity contribution in [2.75, 3.05) is 7.05 Å². The molecule has 0 saturated carbocycles. The lowest BCUT2D eigenvalue weighted by molar-refractivity contribution is -0.134. The van der Waals surface area contributed by atoms with E-state index in [1.165, 1.54) is 14.0 Å². The van der Waals surface area contributed by atoms with Gasteiger partial charge in [-0.25, -0.2) is 0 Å². The number of Topliss-reactive ketones (excluding diaryl/α,β-unsaturated/α-hetero) is 1. The second-order valence-corrected chi connectivity index (χ2v) is 3.83. The lowest BCUT2D eigenvalue weighted by Gasteiger charge is -2.28. The molecule has 0 aliphatic carbocycles. The van der Waals surface area contributed by atoms with Crippen molar-refractivity contribution in [2.45, 2.75) is 12.8 Å². The molecular formula is C12H11NO3. The molecule has 1 aliphatic rings. The van der Waals surface area contributed by atoms with Crippen molar-refractivity contribution in [1.82, 2.24) is 4.90 Å². The first kappa shape index (κ1) is 10.5. The summed E-state index contributed by atoms with van der Waals surface area (Å²) in [4.78, 5) is 36.1. The van der Waals surface area contributed by atoms with E-state index in [9.17, 15) is 14.4 Å². The van der Waals surface area contributed by atoms with Gasteiger partial charge in [0.1, 0.15) is 11.7 Å². The summed E-state index contributed by atoms with van der Waals surface area (Å²) in [6.45, 7) is 1.36. The maximum Gasteiger partial charge on any atom is 0.260 e. The fraction of sp³-hybridized carbons (Fsp3) is 0.250. The summed E-state index contributed by atoms with van der Waals surface area (Å²) < 4.78 is 0. The minimum atomic E-state index is -0.834. The quantitative estimate of drug-likeness (QED) is 0.520. The van der Waals surface area contributed by atoms with Crippen LogP contribution in [0.1, 0.15) is 28.8 Å². The molecule has 0 N–H and O–H groups in total. The third-order valence-electron chi connectivity index (χ3n) is 2.79. The molecular weight excluding hydrogens is 206 g/mol. The van der Waals surface area contributed by atoms with Gasteiger partial charge < -0.3 is 0 Å². The van der Waals surface area contributed by atoms with Crippen molar-refractivity contribution in [3.8, 4) is 0 Å². The second kappa shape index (κ2) is 3.56. The number of nitrogens with zero attached hydrogens (tertiary/aromatic N) is 1. The van der Waals surface area contributed by atoms with Crippen molar-refractivity contribution < 1.29 is 14.4 Å². The highest BCUT2D eigenvalue weighted by molar-refractivity contribution is 6.18. The number of carbonyl (C=O) groups excluding carboxylic acids is 3. The zero-order valence-corrected chi connectivity index (χ0v) is 9.06. The Morgan fingerprint density at radius 1 is 1.25 bits per heavy atom. The molecule has 0 spiro atoms. The van der Waals surface area contributed by atoms with Crippen molar-refractivity contribution in [2.24, 2.45) is 0 Å². The molecule has 2 rings (SSSR count). The normalized spacial score (nSPS) is 19.6. The number of hydrogen-bond donors (Lipinski definition) is 0. The number of ketones is 1. The Morgan fingerprint density at radius 2 is 1.88 bits per heavy atom. The molecule has 82 valence electrons. The van der Waals surface area contributed by atoms with Crippen LogP contribution in [-0.4, -0.2) is 29.5 Å². The minimum Gasteiger partial charge on any atom is -0.299 e. The average molecular weight is 217 g/mol. The molecule has 16 heavy (non-hydrogen) atoms. The number of likely N-dealkylation sites (N-methyl/N-ethyl adjacent to an activating group) is 1. The molecule has 1 aromatic carbocycles. The van der Waals surface area contributed by atoms with E-state index < -0.39 is 11.8 Å². The zero-order valence-electron chi connectivity index (χ0n) is 9.06. The van der Waals surface area contributed by atoms with E-state index >= 15 is 0 Å². The van der Waals surface area contributed by atoms with Gasteiger partial charge in [-0.15, -0.1) is 0 Å². The van der Waals surface area contributed by atoms with E-state index in [1.54, 1.807) is 24.3 Å². The molecule has 2 amide bonds. The molecule has 0 fully saturated rings. The van der Waals surface area contributed by atoms with E-state index in [1.807, 2.05) is 0 Å². The molecule has 1 heterocycles. The van der Waals surface area contributed by atoms with Crippen LogP contribution in [0.5, 0.6) is 0 Å². The number of fused-ring (bicyclic) bond motifs is 1. The number of benzene rings is 1. The van der Waals surface area contributed by atoms with Crippen LogP contribution in [0.3, 0.4) is 0 Å². The Balaban J connectivity index is 2.66. The van der Waals surface area contributed by atoms with Crippen molar-refractivity contribution >= 4 is 17.6 Å². The van der Waals surface area contributed by atoms with E-state index in [2.05, 4.69) is 0 Å². The first-order valence-electron chi connectivity index (χ1n) is 4.95. The number of imide groups is 1. The smallest absolute Gasteiger partial charge is 0.260 e. The number of carbonyl (C=O) groups is 3. The average Bonchev–Trinajstić information content (AvgIpc) is 2.26. The third kappa shape index (κ3) is 1.34. The molecule has 1 atom stereocenters. The maximum atomic E-state index is 11.8. The van der Waals surface area contributed by atoms with Gasteiger partial charge in [0.25, 0.3) is 5.91 Å². The summed E-state index contributed by atoms with van der Waals surface area (Å²) in [5, 5.41) is 0. The van der Waals surface area contributed by atoms with Gasteiger partial charge in [-0.05, 0) is 18.6 Å². The fourth-order valence-corrected chi connectivity index (χ4v) is 1.94. The predicted octanol–water partition coefficient (Wildman–Crippen LogP) is 0.971. The lowest BCUT2D eigenvalue weighted by atomic mass is 9.86. The summed E-state index contributed by atoms with van der Waals surface area (Å²) in [7, 11) is 1.40. The Bertz CT molecular complexity index is 493. The van der Waals surface area contributed by atoms with E-state index in [-0.39, 0.29) is 11.7 Å². The molecule has 1 aliphatic heterocycles. The highest BCUT2D eigenvalue weighted by Gasteiger charge is 2.38. The van der Waals surface area contributed by atoms with Gasteiger partial charge in [0, 0.05) is 12.6 Å². The van der Waals surface area contributed by atoms with Crippen LogP contribution in [-0.2, 0) is 9.59 Å². The van der Waals surface area contributed by atoms with Gasteiger partial charge in [-0.2, -0.15) is 0 Å². The van der Waals surface area contributed by atoms with E-state index in [0.717, 1.165) is 4.90 Å². The van der Waals surface area contributed by atoms with Crippen LogP contribution < -0.4 is 0 Å². The van der Waals surface area contributed by atoms with E-state index in [0.29, 0.717) is 11.1 Å². The van der Waals surface area contributed by atoms with Crippen LogP contribution in [0.2, 0.25) is 0 Å². The highest BCUT2D eigenvalue weighted by Crippen LogP contribution is 2.28. The summed E-state index contributed by atoms with van der Waals surface area (Å²) >= 11 is 0. The Kier molecular flexibility index (Phi) is 2.34. The molecule has 0 bridgehead atoms. The molecule has 0 unspecified atom stereocenters. The summed E-state index contributed by atoms with van der Waals surface area (Å²) in [5.74, 6) is -1.87. The third-order valence-corrected chi connectivity index (χ3v) is 2.79. The first-order chi connectivity index (χ1) is 7.54. The predicted molar refractivity (Wildman–Crippen MR) is 57.0 cm³/mol. The molecule has 1 aromatic rings. The van der Waals surface area contributed by atoms with Crippen molar-refractivity contribution in [1.29, 1.82) is 0 Å². The number of amides is 2. The van der Waals surface area contributed by atoms with Crippen molar-refractivity contribution in [3.63, 3.8) is 0 Å². The topological polar surface area (TPSA) is 54.5 Å². The van der Waals surface area contributed by atoms with Crippen LogP contribution in [0.4, 0.5) is 0 Å². The SMILES string of the molecule is CC(=O)[C@H]1C(=O)N(C)C(=O)c2ccccc21. The molecule has 4 heteroatoms. The Labute approximate surface area is 92.9 Å². The second-order valence-electron chi connectivity index (χ2n) is 3.83. The maximum absolute atomic E-state index is 11.8. The van der Waals surface area contributed by atoms with E-state index in [4.69, 9.17) is 0 Å². The molecule has 0 saturated heterocycles. The van der Waals surface area contributed by atoms with Gasteiger partial charge in [0.15, 0.2) is 0 Å². The molecule has 4 nitrogen and oxygen atoms in total.